The highest BCUT2D eigenvalue weighted by atomic mass is 16.5. The van der Waals surface area contributed by atoms with Crippen LogP contribution < -0.4 is 5.32 Å². The van der Waals surface area contributed by atoms with Crippen LogP contribution in [0.3, 0.4) is 0 Å². The summed E-state index contributed by atoms with van der Waals surface area (Å²) in [6.07, 6.45) is 0. The molecule has 0 saturated carbocycles. The Kier molecular flexibility index (Phi) is 3.57. The lowest BCUT2D eigenvalue weighted by Gasteiger charge is -2.17. The third-order valence-electron chi connectivity index (χ3n) is 2.75. The van der Waals surface area contributed by atoms with Crippen molar-refractivity contribution < 1.29 is 9.53 Å². The smallest absolute Gasteiger partial charge is 0.229 e. The van der Waals surface area contributed by atoms with E-state index < -0.39 is 5.41 Å². The van der Waals surface area contributed by atoms with Crippen molar-refractivity contribution in [1.82, 2.24) is 9.97 Å². The van der Waals surface area contributed by atoms with E-state index in [-0.39, 0.29) is 5.91 Å². The first kappa shape index (κ1) is 13.5. The summed E-state index contributed by atoms with van der Waals surface area (Å²) in [7, 11) is 1.63. The predicted molar refractivity (Wildman–Crippen MR) is 74.9 cm³/mol. The number of methoxy groups -OCH3 is 1. The fourth-order valence-corrected chi connectivity index (χ4v) is 1.66. The number of hydrogen-bond donors (Lipinski definition) is 2. The minimum Gasteiger partial charge on any atom is -0.377 e. The molecule has 2 rings (SSSR count). The molecule has 0 fully saturated rings. The Morgan fingerprint density at radius 2 is 2.16 bits per heavy atom. The van der Waals surface area contributed by atoms with E-state index in [1.165, 1.54) is 0 Å². The number of rotatable bonds is 3. The third kappa shape index (κ3) is 3.12. The summed E-state index contributed by atoms with van der Waals surface area (Å²) in [6.45, 7) is 6.09. The van der Waals surface area contributed by atoms with Gasteiger partial charge in [0.1, 0.15) is 12.4 Å². The highest BCUT2D eigenvalue weighted by Crippen LogP contribution is 2.21. The molecule has 0 unspecified atom stereocenters. The number of anilines is 1. The number of aromatic nitrogens is 2. The molecule has 2 aromatic rings. The predicted octanol–water partition coefficient (Wildman–Crippen LogP) is 2.69. The van der Waals surface area contributed by atoms with Gasteiger partial charge in [-0.3, -0.25) is 4.79 Å². The van der Waals surface area contributed by atoms with Crippen molar-refractivity contribution in [2.45, 2.75) is 27.4 Å². The minimum absolute atomic E-state index is 0.0107. The zero-order valence-corrected chi connectivity index (χ0v) is 11.7. The molecule has 1 aromatic heterocycles. The average molecular weight is 261 g/mol. The number of imidazole rings is 1. The van der Waals surface area contributed by atoms with Crippen molar-refractivity contribution in [1.29, 1.82) is 0 Å². The number of nitrogens with one attached hydrogen (secondary N) is 2. The van der Waals surface area contributed by atoms with E-state index in [0.29, 0.717) is 6.61 Å². The standard InChI is InChI=1S/C14H19N3O2/c1-14(2,3)13(18)15-9-5-6-10-11(7-9)17-12(16-10)8-19-4/h5-7H,8H2,1-4H3,(H,15,18)(H,16,17). The Hall–Kier alpha value is -1.88. The van der Waals surface area contributed by atoms with E-state index in [1.807, 2.05) is 39.0 Å². The molecular formula is C14H19N3O2. The SMILES string of the molecule is COCc1nc2ccc(NC(=O)C(C)(C)C)cc2[nH]1. The highest BCUT2D eigenvalue weighted by molar-refractivity contribution is 5.96. The van der Waals surface area contributed by atoms with E-state index in [2.05, 4.69) is 15.3 Å². The van der Waals surface area contributed by atoms with Crippen LogP contribution in [0.2, 0.25) is 0 Å². The largest absolute Gasteiger partial charge is 0.377 e. The summed E-state index contributed by atoms with van der Waals surface area (Å²) < 4.78 is 5.03. The van der Waals surface area contributed by atoms with Crippen molar-refractivity contribution in [2.75, 3.05) is 12.4 Å². The van der Waals surface area contributed by atoms with E-state index in [9.17, 15) is 4.79 Å². The van der Waals surface area contributed by atoms with E-state index in [0.717, 1.165) is 22.5 Å². The van der Waals surface area contributed by atoms with E-state index in [1.54, 1.807) is 7.11 Å². The molecule has 0 aliphatic carbocycles. The number of aromatic amines is 1. The number of amides is 1. The normalized spacial score (nSPS) is 11.8. The molecule has 5 heteroatoms. The summed E-state index contributed by atoms with van der Waals surface area (Å²) in [5.74, 6) is 0.764. The summed E-state index contributed by atoms with van der Waals surface area (Å²) >= 11 is 0. The first-order chi connectivity index (χ1) is 8.90. The summed E-state index contributed by atoms with van der Waals surface area (Å²) in [6, 6.07) is 5.61. The van der Waals surface area contributed by atoms with E-state index in [4.69, 9.17) is 4.74 Å². The maximum absolute atomic E-state index is 11.9. The van der Waals surface area contributed by atoms with Crippen LogP contribution in [-0.2, 0) is 16.1 Å². The molecule has 19 heavy (non-hydrogen) atoms. The molecule has 2 N–H and O–H groups in total. The Morgan fingerprint density at radius 1 is 1.42 bits per heavy atom. The Balaban J connectivity index is 2.24. The van der Waals surface area contributed by atoms with Crippen LogP contribution in [0.4, 0.5) is 5.69 Å². The first-order valence-corrected chi connectivity index (χ1v) is 6.19. The third-order valence-corrected chi connectivity index (χ3v) is 2.75. The van der Waals surface area contributed by atoms with Crippen LogP contribution in [0.1, 0.15) is 26.6 Å². The summed E-state index contributed by atoms with van der Waals surface area (Å²) in [4.78, 5) is 19.5. The van der Waals surface area contributed by atoms with Gasteiger partial charge >= 0.3 is 0 Å². The van der Waals surface area contributed by atoms with Crippen molar-refractivity contribution in [2.24, 2.45) is 5.41 Å². The molecule has 1 aromatic carbocycles. The molecule has 0 bridgehead atoms. The number of benzene rings is 1. The van der Waals surface area contributed by atoms with Crippen LogP contribution >= 0.6 is 0 Å². The van der Waals surface area contributed by atoms with Gasteiger partial charge in [0.05, 0.1) is 11.0 Å². The van der Waals surface area contributed by atoms with Crippen LogP contribution in [-0.4, -0.2) is 23.0 Å². The number of fused-ring (bicyclic) bond motifs is 1. The molecule has 1 heterocycles. The van der Waals surface area contributed by atoms with Gasteiger partial charge in [-0.15, -0.1) is 0 Å². The van der Waals surface area contributed by atoms with Crippen molar-refractivity contribution in [3.8, 4) is 0 Å². The molecule has 5 nitrogen and oxygen atoms in total. The van der Waals surface area contributed by atoms with Crippen LogP contribution in [0.5, 0.6) is 0 Å². The molecule has 0 aliphatic heterocycles. The lowest BCUT2D eigenvalue weighted by atomic mass is 9.95. The maximum atomic E-state index is 11.9. The van der Waals surface area contributed by atoms with Gasteiger partial charge in [-0.2, -0.15) is 0 Å². The summed E-state index contributed by atoms with van der Waals surface area (Å²) in [5, 5.41) is 2.90. The molecule has 0 spiro atoms. The van der Waals surface area contributed by atoms with Crippen LogP contribution in [0.15, 0.2) is 18.2 Å². The topological polar surface area (TPSA) is 67.0 Å². The quantitative estimate of drug-likeness (QED) is 0.892. The van der Waals surface area contributed by atoms with Crippen molar-refractivity contribution >= 4 is 22.6 Å². The van der Waals surface area contributed by atoms with Crippen molar-refractivity contribution in [3.63, 3.8) is 0 Å². The van der Waals surface area contributed by atoms with E-state index >= 15 is 0 Å². The molecule has 1 amide bonds. The van der Waals surface area contributed by atoms with Gasteiger partial charge in [-0.1, -0.05) is 20.8 Å². The van der Waals surface area contributed by atoms with Gasteiger partial charge in [0, 0.05) is 18.2 Å². The van der Waals surface area contributed by atoms with Crippen LogP contribution in [0, 0.1) is 5.41 Å². The van der Waals surface area contributed by atoms with Gasteiger partial charge in [0.25, 0.3) is 0 Å². The lowest BCUT2D eigenvalue weighted by molar-refractivity contribution is -0.123. The fraction of sp³-hybridized carbons (Fsp3) is 0.429. The Bertz CT molecular complexity index is 596. The number of nitrogens with zero attached hydrogens (tertiary/aromatic N) is 1. The number of hydrogen-bond acceptors (Lipinski definition) is 3. The zero-order chi connectivity index (χ0) is 14.0. The number of ether oxygens (including phenoxy) is 1. The zero-order valence-electron chi connectivity index (χ0n) is 11.7. The minimum atomic E-state index is -0.413. The van der Waals surface area contributed by atoms with Gasteiger partial charge < -0.3 is 15.0 Å². The highest BCUT2D eigenvalue weighted by Gasteiger charge is 2.21. The molecule has 0 aliphatic rings. The first-order valence-electron chi connectivity index (χ1n) is 6.19. The number of H-pyrrole nitrogens is 1. The maximum Gasteiger partial charge on any atom is 0.229 e. The lowest BCUT2D eigenvalue weighted by Crippen LogP contribution is -2.27. The fourth-order valence-electron chi connectivity index (χ4n) is 1.66. The van der Waals surface area contributed by atoms with Crippen molar-refractivity contribution in [3.05, 3.63) is 24.0 Å². The number of carbonyl (C=O) groups is 1. The molecule has 0 radical (unpaired) electrons. The molecule has 102 valence electrons. The second kappa shape index (κ2) is 5.01. The number of carbonyl (C=O) groups excluding carboxylic acids is 1. The molecule has 0 atom stereocenters. The van der Waals surface area contributed by atoms with Crippen LogP contribution in [0.25, 0.3) is 11.0 Å². The Labute approximate surface area is 112 Å². The molecule has 0 saturated heterocycles. The van der Waals surface area contributed by atoms with Gasteiger partial charge in [0.15, 0.2) is 0 Å². The second-order valence-corrected chi connectivity index (χ2v) is 5.55. The molecular weight excluding hydrogens is 242 g/mol. The monoisotopic (exact) mass is 261 g/mol. The summed E-state index contributed by atoms with van der Waals surface area (Å²) in [5.41, 5.74) is 2.10. The average Bonchev–Trinajstić information content (AvgIpc) is 2.69. The second-order valence-electron chi connectivity index (χ2n) is 5.55. The van der Waals surface area contributed by atoms with Gasteiger partial charge in [-0.25, -0.2) is 4.98 Å². The van der Waals surface area contributed by atoms with Gasteiger partial charge in [-0.05, 0) is 18.2 Å². The Morgan fingerprint density at radius 3 is 2.79 bits per heavy atom. The van der Waals surface area contributed by atoms with Gasteiger partial charge in [0.2, 0.25) is 5.91 Å².